The number of carbonyl (C=O) groups excluding carboxylic acids is 1. The van der Waals surface area contributed by atoms with Gasteiger partial charge in [0.25, 0.3) is 0 Å². The topological polar surface area (TPSA) is 17.1 Å². The summed E-state index contributed by atoms with van der Waals surface area (Å²) in [6.45, 7) is 15.2. The third kappa shape index (κ3) is 3.44. The lowest BCUT2D eigenvalue weighted by molar-refractivity contribution is -0.108. The van der Waals surface area contributed by atoms with E-state index < -0.39 is 0 Å². The molecule has 0 spiro atoms. The van der Waals surface area contributed by atoms with Crippen molar-refractivity contribution in [1.82, 2.24) is 0 Å². The molecule has 1 rings (SSSR count). The minimum Gasteiger partial charge on any atom is -0.303 e. The van der Waals surface area contributed by atoms with Crippen LogP contribution in [0.5, 0.6) is 0 Å². The summed E-state index contributed by atoms with van der Waals surface area (Å²) < 4.78 is 0. The number of aldehydes is 1. The van der Waals surface area contributed by atoms with E-state index in [1.807, 2.05) is 6.92 Å². The van der Waals surface area contributed by atoms with Crippen LogP contribution in [0.3, 0.4) is 0 Å². The highest BCUT2D eigenvalue weighted by molar-refractivity contribution is 5.62. The smallest absolute Gasteiger partial charge is 0.127 e. The monoisotopic (exact) mass is 246 g/mol. The molecule has 18 heavy (non-hydrogen) atoms. The van der Waals surface area contributed by atoms with Gasteiger partial charge in [-0.05, 0) is 27.5 Å². The third-order valence-electron chi connectivity index (χ3n) is 3.42. The van der Waals surface area contributed by atoms with Crippen LogP contribution in [0.2, 0.25) is 0 Å². The van der Waals surface area contributed by atoms with Gasteiger partial charge in [-0.15, -0.1) is 0 Å². The number of benzene rings is 1. The molecule has 1 heteroatoms. The average molecular weight is 246 g/mol. The van der Waals surface area contributed by atoms with E-state index in [4.69, 9.17) is 0 Å². The van der Waals surface area contributed by atoms with E-state index in [-0.39, 0.29) is 16.7 Å². The summed E-state index contributed by atoms with van der Waals surface area (Å²) in [7, 11) is 0. The molecule has 0 saturated heterocycles. The van der Waals surface area contributed by atoms with Crippen molar-refractivity contribution in [1.29, 1.82) is 0 Å². The van der Waals surface area contributed by atoms with E-state index in [0.717, 1.165) is 11.8 Å². The predicted octanol–water partition coefficient (Wildman–Crippen LogP) is 4.58. The summed E-state index contributed by atoms with van der Waals surface area (Å²) in [5.41, 5.74) is 3.96. The molecule has 1 aromatic carbocycles. The fraction of sp³-hybridized carbons (Fsp3) is 0.588. The van der Waals surface area contributed by atoms with Crippen LogP contribution in [0, 0.1) is 0 Å². The van der Waals surface area contributed by atoms with Crippen LogP contribution in [0.25, 0.3) is 0 Å². The molecule has 0 fully saturated rings. The molecule has 0 radical (unpaired) electrons. The molecule has 0 aliphatic rings. The second-order valence-electron chi connectivity index (χ2n) is 7.27. The zero-order valence-corrected chi connectivity index (χ0v) is 12.8. The highest BCUT2D eigenvalue weighted by atomic mass is 16.1. The van der Waals surface area contributed by atoms with Gasteiger partial charge in [0, 0.05) is 5.92 Å². The van der Waals surface area contributed by atoms with Crippen LogP contribution in [0.4, 0.5) is 0 Å². The number of hydrogen-bond acceptors (Lipinski definition) is 1. The van der Waals surface area contributed by atoms with Crippen molar-refractivity contribution in [2.45, 2.75) is 65.2 Å². The van der Waals surface area contributed by atoms with Gasteiger partial charge in [0.2, 0.25) is 0 Å². The summed E-state index contributed by atoms with van der Waals surface area (Å²) in [5, 5.41) is 0. The Morgan fingerprint density at radius 2 is 1.28 bits per heavy atom. The van der Waals surface area contributed by atoms with Crippen molar-refractivity contribution in [3.63, 3.8) is 0 Å². The van der Waals surface area contributed by atoms with E-state index >= 15 is 0 Å². The molecule has 1 aromatic rings. The molecule has 0 aliphatic heterocycles. The van der Waals surface area contributed by atoms with E-state index in [0.29, 0.717) is 0 Å². The van der Waals surface area contributed by atoms with Gasteiger partial charge in [-0.1, -0.05) is 66.7 Å². The van der Waals surface area contributed by atoms with Crippen molar-refractivity contribution < 1.29 is 4.79 Å². The molecule has 1 unspecified atom stereocenters. The third-order valence-corrected chi connectivity index (χ3v) is 3.42. The van der Waals surface area contributed by atoms with E-state index in [1.54, 1.807) is 0 Å². The zero-order valence-electron chi connectivity index (χ0n) is 12.8. The summed E-state index contributed by atoms with van der Waals surface area (Å²) >= 11 is 0. The molecule has 0 saturated carbocycles. The highest BCUT2D eigenvalue weighted by Gasteiger charge is 2.21. The van der Waals surface area contributed by atoms with Gasteiger partial charge in [0.1, 0.15) is 6.29 Å². The number of hydrogen-bond donors (Lipinski definition) is 0. The standard InChI is InChI=1S/C17H26O/c1-12(11-18)13-8-14(16(2,3)4)10-15(9-13)17(5,6)7/h8-12H,1-7H3. The fourth-order valence-electron chi connectivity index (χ4n) is 1.86. The van der Waals surface area contributed by atoms with Gasteiger partial charge in [-0.25, -0.2) is 0 Å². The minimum absolute atomic E-state index is 0.0339. The average Bonchev–Trinajstić information content (AvgIpc) is 2.25. The molecule has 1 nitrogen and oxygen atoms in total. The van der Waals surface area contributed by atoms with Crippen LogP contribution in [-0.4, -0.2) is 6.29 Å². The maximum Gasteiger partial charge on any atom is 0.127 e. The molecular formula is C17H26O. The van der Waals surface area contributed by atoms with Gasteiger partial charge in [-0.3, -0.25) is 0 Å². The molecule has 0 amide bonds. The van der Waals surface area contributed by atoms with Crippen LogP contribution in [0.1, 0.15) is 71.1 Å². The van der Waals surface area contributed by atoms with Gasteiger partial charge < -0.3 is 4.79 Å². The Morgan fingerprint density at radius 1 is 0.889 bits per heavy atom. The maximum atomic E-state index is 11.0. The van der Waals surface area contributed by atoms with Crippen LogP contribution in [-0.2, 0) is 15.6 Å². The molecule has 0 aromatic heterocycles. The van der Waals surface area contributed by atoms with Crippen molar-refractivity contribution >= 4 is 6.29 Å². The van der Waals surface area contributed by atoms with Gasteiger partial charge in [0.05, 0.1) is 0 Å². The van der Waals surface area contributed by atoms with Crippen LogP contribution in [0.15, 0.2) is 18.2 Å². The van der Waals surface area contributed by atoms with E-state index in [2.05, 4.69) is 59.7 Å². The maximum absolute atomic E-state index is 11.0. The summed E-state index contributed by atoms with van der Waals surface area (Å²) in [6.07, 6.45) is 1.02. The second kappa shape index (κ2) is 4.87. The predicted molar refractivity (Wildman–Crippen MR) is 78.3 cm³/mol. The van der Waals surface area contributed by atoms with Crippen molar-refractivity contribution in [3.8, 4) is 0 Å². The summed E-state index contributed by atoms with van der Waals surface area (Å²) in [5.74, 6) is -0.0339. The quantitative estimate of drug-likeness (QED) is 0.698. The SMILES string of the molecule is CC(C=O)c1cc(C(C)(C)C)cc(C(C)(C)C)c1. The summed E-state index contributed by atoms with van der Waals surface area (Å²) in [4.78, 5) is 11.0. The van der Waals surface area contributed by atoms with Crippen molar-refractivity contribution in [3.05, 3.63) is 34.9 Å². The lowest BCUT2D eigenvalue weighted by Gasteiger charge is -2.26. The number of carbonyl (C=O) groups is 1. The Bertz CT molecular complexity index is 398. The first-order chi connectivity index (χ1) is 8.05. The highest BCUT2D eigenvalue weighted by Crippen LogP contribution is 2.32. The summed E-state index contributed by atoms with van der Waals surface area (Å²) in [6, 6.07) is 6.63. The zero-order chi connectivity index (χ0) is 14.1. The first kappa shape index (κ1) is 14.9. The molecule has 0 heterocycles. The fourth-order valence-corrected chi connectivity index (χ4v) is 1.86. The molecule has 100 valence electrons. The Balaban J connectivity index is 3.43. The van der Waals surface area contributed by atoms with E-state index in [9.17, 15) is 4.79 Å². The first-order valence-electron chi connectivity index (χ1n) is 6.67. The molecule has 0 aliphatic carbocycles. The van der Waals surface area contributed by atoms with Crippen molar-refractivity contribution in [2.24, 2.45) is 0 Å². The van der Waals surface area contributed by atoms with Gasteiger partial charge in [0.15, 0.2) is 0 Å². The Kier molecular flexibility index (Phi) is 4.05. The van der Waals surface area contributed by atoms with Crippen molar-refractivity contribution in [2.75, 3.05) is 0 Å². The Morgan fingerprint density at radius 3 is 1.56 bits per heavy atom. The Hall–Kier alpha value is -1.11. The van der Waals surface area contributed by atoms with Gasteiger partial charge in [-0.2, -0.15) is 0 Å². The lowest BCUT2D eigenvalue weighted by atomic mass is 9.78. The molecule has 1 atom stereocenters. The second-order valence-corrected chi connectivity index (χ2v) is 7.27. The lowest BCUT2D eigenvalue weighted by Crippen LogP contribution is -2.17. The molecule has 0 bridgehead atoms. The number of rotatable bonds is 2. The van der Waals surface area contributed by atoms with Crippen LogP contribution < -0.4 is 0 Å². The van der Waals surface area contributed by atoms with Crippen LogP contribution >= 0.6 is 0 Å². The largest absolute Gasteiger partial charge is 0.303 e. The van der Waals surface area contributed by atoms with E-state index in [1.165, 1.54) is 11.1 Å². The van der Waals surface area contributed by atoms with Gasteiger partial charge >= 0.3 is 0 Å². The molecular weight excluding hydrogens is 220 g/mol. The Labute approximate surface area is 112 Å². The minimum atomic E-state index is -0.0339. The first-order valence-corrected chi connectivity index (χ1v) is 6.67. The molecule has 0 N–H and O–H groups in total. The normalized spacial score (nSPS) is 14.4.